The van der Waals surface area contributed by atoms with Crippen molar-refractivity contribution in [3.05, 3.63) is 30.9 Å². The molecular formula is C13H16N2O5S. The molecule has 1 aliphatic heterocycles. The van der Waals surface area contributed by atoms with E-state index in [0.29, 0.717) is 24.7 Å². The van der Waals surface area contributed by atoms with Gasteiger partial charge in [0.2, 0.25) is 15.9 Å². The van der Waals surface area contributed by atoms with Crippen LogP contribution in [0.15, 0.2) is 35.7 Å². The van der Waals surface area contributed by atoms with Crippen molar-refractivity contribution in [2.75, 3.05) is 26.3 Å². The molecule has 8 heteroatoms. The van der Waals surface area contributed by atoms with Crippen LogP contribution in [0.25, 0.3) is 0 Å². The Kier molecular flexibility index (Phi) is 4.81. The molecule has 0 atom stereocenters. The first-order valence-electron chi connectivity index (χ1n) is 6.30. The van der Waals surface area contributed by atoms with E-state index in [4.69, 9.17) is 9.47 Å². The Hall–Kier alpha value is -2.06. The summed E-state index contributed by atoms with van der Waals surface area (Å²) >= 11 is 0. The van der Waals surface area contributed by atoms with Crippen LogP contribution in [0.3, 0.4) is 0 Å². The molecule has 0 unspecified atom stereocenters. The van der Waals surface area contributed by atoms with Gasteiger partial charge in [-0.1, -0.05) is 6.08 Å². The van der Waals surface area contributed by atoms with Crippen molar-refractivity contribution in [1.82, 2.24) is 10.0 Å². The summed E-state index contributed by atoms with van der Waals surface area (Å²) in [6.45, 7) is 4.19. The SMILES string of the molecule is C=CCNC(=O)CNS(=O)(=O)c1ccc2c(c1)OCCO2. The van der Waals surface area contributed by atoms with Gasteiger partial charge in [0.15, 0.2) is 11.5 Å². The summed E-state index contributed by atoms with van der Waals surface area (Å²) < 4.78 is 37.0. The van der Waals surface area contributed by atoms with Crippen molar-refractivity contribution in [3.8, 4) is 11.5 Å². The third-order valence-electron chi connectivity index (χ3n) is 2.69. The fourth-order valence-corrected chi connectivity index (χ4v) is 2.68. The number of hydrogen-bond donors (Lipinski definition) is 2. The van der Waals surface area contributed by atoms with Crippen LogP contribution in [-0.4, -0.2) is 40.6 Å². The van der Waals surface area contributed by atoms with Crippen LogP contribution in [0, 0.1) is 0 Å². The van der Waals surface area contributed by atoms with Gasteiger partial charge < -0.3 is 14.8 Å². The molecule has 2 rings (SSSR count). The van der Waals surface area contributed by atoms with Gasteiger partial charge in [0.05, 0.1) is 11.4 Å². The van der Waals surface area contributed by atoms with E-state index in [2.05, 4.69) is 16.6 Å². The highest BCUT2D eigenvalue weighted by molar-refractivity contribution is 7.89. The molecule has 21 heavy (non-hydrogen) atoms. The second-order valence-corrected chi connectivity index (χ2v) is 5.99. The first-order valence-corrected chi connectivity index (χ1v) is 7.78. The minimum Gasteiger partial charge on any atom is -0.486 e. The average Bonchev–Trinajstić information content (AvgIpc) is 2.50. The number of benzene rings is 1. The number of carbonyl (C=O) groups is 1. The van der Waals surface area contributed by atoms with Gasteiger partial charge in [-0.3, -0.25) is 4.79 Å². The molecule has 2 N–H and O–H groups in total. The molecule has 0 aromatic heterocycles. The average molecular weight is 312 g/mol. The van der Waals surface area contributed by atoms with Gasteiger partial charge in [0.25, 0.3) is 0 Å². The quantitative estimate of drug-likeness (QED) is 0.723. The summed E-state index contributed by atoms with van der Waals surface area (Å²) in [7, 11) is -3.79. The molecule has 7 nitrogen and oxygen atoms in total. The number of carbonyl (C=O) groups excluding carboxylic acids is 1. The number of rotatable bonds is 6. The van der Waals surface area contributed by atoms with Gasteiger partial charge >= 0.3 is 0 Å². The highest BCUT2D eigenvalue weighted by Gasteiger charge is 2.19. The summed E-state index contributed by atoms with van der Waals surface area (Å²) in [4.78, 5) is 11.4. The highest BCUT2D eigenvalue weighted by atomic mass is 32.2. The largest absolute Gasteiger partial charge is 0.486 e. The van der Waals surface area contributed by atoms with E-state index in [1.807, 2.05) is 0 Å². The maximum absolute atomic E-state index is 12.1. The minimum atomic E-state index is -3.79. The predicted octanol–water partition coefficient (Wildman–Crippen LogP) is 0.0383. The monoisotopic (exact) mass is 312 g/mol. The van der Waals surface area contributed by atoms with E-state index in [1.165, 1.54) is 24.3 Å². The van der Waals surface area contributed by atoms with Crippen LogP contribution >= 0.6 is 0 Å². The highest BCUT2D eigenvalue weighted by Crippen LogP contribution is 2.32. The molecule has 1 aromatic rings. The lowest BCUT2D eigenvalue weighted by Crippen LogP contribution is -2.36. The molecular weight excluding hydrogens is 296 g/mol. The van der Waals surface area contributed by atoms with Crippen LogP contribution in [0.5, 0.6) is 11.5 Å². The number of hydrogen-bond acceptors (Lipinski definition) is 5. The Morgan fingerprint density at radius 2 is 2.00 bits per heavy atom. The standard InChI is InChI=1S/C13H16N2O5S/c1-2-5-14-13(16)9-15-21(17,18)10-3-4-11-12(8-10)20-7-6-19-11/h2-4,8,15H,1,5-7,9H2,(H,14,16). The fourth-order valence-electron chi connectivity index (χ4n) is 1.68. The van der Waals surface area contributed by atoms with E-state index in [-0.39, 0.29) is 18.0 Å². The molecule has 0 radical (unpaired) electrons. The van der Waals surface area contributed by atoms with Gasteiger partial charge in [0, 0.05) is 12.6 Å². The van der Waals surface area contributed by atoms with Crippen LogP contribution in [0.1, 0.15) is 0 Å². The Morgan fingerprint density at radius 3 is 2.71 bits per heavy atom. The zero-order chi connectivity index (χ0) is 15.3. The van der Waals surface area contributed by atoms with E-state index in [1.54, 1.807) is 0 Å². The molecule has 1 heterocycles. The smallest absolute Gasteiger partial charge is 0.241 e. The van der Waals surface area contributed by atoms with Crippen LogP contribution < -0.4 is 19.5 Å². The van der Waals surface area contributed by atoms with Crippen LogP contribution in [0.4, 0.5) is 0 Å². The van der Waals surface area contributed by atoms with Crippen LogP contribution in [-0.2, 0) is 14.8 Å². The first-order chi connectivity index (χ1) is 10.0. The van der Waals surface area contributed by atoms with Crippen molar-refractivity contribution in [2.24, 2.45) is 0 Å². The molecule has 0 saturated carbocycles. The Morgan fingerprint density at radius 1 is 1.29 bits per heavy atom. The first kappa shape index (κ1) is 15.3. The Bertz CT molecular complexity index is 642. The number of fused-ring (bicyclic) bond motifs is 1. The zero-order valence-corrected chi connectivity index (χ0v) is 12.1. The Labute approximate surface area is 123 Å². The molecule has 1 amide bonds. The van der Waals surface area contributed by atoms with Crippen LogP contribution in [0.2, 0.25) is 0 Å². The molecule has 114 valence electrons. The number of ether oxygens (including phenoxy) is 2. The predicted molar refractivity (Wildman–Crippen MR) is 75.8 cm³/mol. The lowest BCUT2D eigenvalue weighted by atomic mass is 10.3. The lowest BCUT2D eigenvalue weighted by molar-refractivity contribution is -0.119. The number of nitrogens with one attached hydrogen (secondary N) is 2. The molecule has 0 fully saturated rings. The lowest BCUT2D eigenvalue weighted by Gasteiger charge is -2.18. The summed E-state index contributed by atoms with van der Waals surface area (Å²) in [5.74, 6) is 0.445. The molecule has 1 aromatic carbocycles. The van der Waals surface area contributed by atoms with Crippen molar-refractivity contribution < 1.29 is 22.7 Å². The summed E-state index contributed by atoms with van der Waals surface area (Å²) in [5, 5.41) is 2.48. The summed E-state index contributed by atoms with van der Waals surface area (Å²) in [6, 6.07) is 4.30. The second kappa shape index (κ2) is 6.59. The van der Waals surface area contributed by atoms with E-state index in [0.717, 1.165) is 0 Å². The summed E-state index contributed by atoms with van der Waals surface area (Å²) in [5.41, 5.74) is 0. The molecule has 0 spiro atoms. The van der Waals surface area contributed by atoms with Crippen molar-refractivity contribution in [1.29, 1.82) is 0 Å². The molecule has 0 saturated heterocycles. The van der Waals surface area contributed by atoms with Crippen molar-refractivity contribution >= 4 is 15.9 Å². The van der Waals surface area contributed by atoms with Gasteiger partial charge in [-0.25, -0.2) is 13.1 Å². The van der Waals surface area contributed by atoms with Gasteiger partial charge in [-0.2, -0.15) is 0 Å². The minimum absolute atomic E-state index is 0.0169. The van der Waals surface area contributed by atoms with Gasteiger partial charge in [0.1, 0.15) is 13.2 Å². The normalized spacial score (nSPS) is 13.5. The summed E-state index contributed by atoms with van der Waals surface area (Å²) in [6.07, 6.45) is 1.51. The van der Waals surface area contributed by atoms with Gasteiger partial charge in [-0.05, 0) is 12.1 Å². The molecule has 0 bridgehead atoms. The topological polar surface area (TPSA) is 93.7 Å². The number of amides is 1. The molecule has 0 aliphatic carbocycles. The fraction of sp³-hybridized carbons (Fsp3) is 0.308. The Balaban J connectivity index is 2.05. The number of sulfonamides is 1. The van der Waals surface area contributed by atoms with E-state index in [9.17, 15) is 13.2 Å². The van der Waals surface area contributed by atoms with Gasteiger partial charge in [-0.15, -0.1) is 6.58 Å². The van der Waals surface area contributed by atoms with E-state index < -0.39 is 15.9 Å². The van der Waals surface area contributed by atoms with Crippen molar-refractivity contribution in [3.63, 3.8) is 0 Å². The maximum Gasteiger partial charge on any atom is 0.241 e. The third-order valence-corrected chi connectivity index (χ3v) is 4.09. The third kappa shape index (κ3) is 3.96. The zero-order valence-electron chi connectivity index (χ0n) is 11.3. The second-order valence-electron chi connectivity index (χ2n) is 4.22. The van der Waals surface area contributed by atoms with Crippen molar-refractivity contribution in [2.45, 2.75) is 4.90 Å². The maximum atomic E-state index is 12.1. The van der Waals surface area contributed by atoms with E-state index >= 15 is 0 Å². The molecule has 1 aliphatic rings.